The van der Waals surface area contributed by atoms with E-state index < -0.39 is 9.84 Å². The molecule has 0 aliphatic carbocycles. The van der Waals surface area contributed by atoms with Gasteiger partial charge in [-0.1, -0.05) is 0 Å². The first-order valence-electron chi connectivity index (χ1n) is 6.85. The van der Waals surface area contributed by atoms with Gasteiger partial charge in [0, 0.05) is 18.4 Å². The molecule has 1 aliphatic heterocycles. The van der Waals surface area contributed by atoms with E-state index in [1.807, 2.05) is 0 Å². The van der Waals surface area contributed by atoms with E-state index in [1.54, 1.807) is 12.1 Å². The van der Waals surface area contributed by atoms with E-state index in [2.05, 4.69) is 9.97 Å². The average molecular weight is 321 g/mol. The van der Waals surface area contributed by atoms with Crippen LogP contribution >= 0.6 is 0 Å². The van der Waals surface area contributed by atoms with Crippen LogP contribution in [0, 0.1) is 0 Å². The van der Waals surface area contributed by atoms with Gasteiger partial charge in [0.15, 0.2) is 9.84 Å². The van der Waals surface area contributed by atoms with E-state index in [0.717, 1.165) is 0 Å². The Balaban J connectivity index is 1.87. The summed E-state index contributed by atoms with van der Waals surface area (Å²) in [6.07, 6.45) is 6.24. The number of sulfone groups is 1. The van der Waals surface area contributed by atoms with Gasteiger partial charge in [0.2, 0.25) is 0 Å². The molecule has 22 heavy (non-hydrogen) atoms. The third kappa shape index (κ3) is 3.16. The number of amides is 1. The highest BCUT2D eigenvalue weighted by molar-refractivity contribution is 7.91. The number of furan rings is 1. The molecular weight excluding hydrogens is 306 g/mol. The monoisotopic (exact) mass is 321 g/mol. The molecule has 1 saturated heterocycles. The van der Waals surface area contributed by atoms with Gasteiger partial charge in [-0.05, 0) is 18.6 Å². The summed E-state index contributed by atoms with van der Waals surface area (Å²) >= 11 is 0. The number of carbonyl (C=O) groups excluding carboxylic acids is 1. The molecule has 1 atom stereocenters. The van der Waals surface area contributed by atoms with Gasteiger partial charge in [-0.25, -0.2) is 13.4 Å². The van der Waals surface area contributed by atoms with E-state index in [1.165, 1.54) is 29.8 Å². The largest absolute Gasteiger partial charge is 0.467 e. The lowest BCUT2D eigenvalue weighted by atomic mass is 10.2. The van der Waals surface area contributed by atoms with Crippen LogP contribution in [0.2, 0.25) is 0 Å². The second kappa shape index (κ2) is 5.88. The third-order valence-corrected chi connectivity index (χ3v) is 5.35. The zero-order valence-electron chi connectivity index (χ0n) is 11.8. The minimum Gasteiger partial charge on any atom is -0.467 e. The van der Waals surface area contributed by atoms with Crippen LogP contribution in [-0.2, 0) is 16.4 Å². The standard InChI is InChI=1S/C14H15N3O4S/c18-14(13-8-15-4-5-16-13)17(9-12-2-1-6-21-12)11-3-7-22(19,20)10-11/h1-2,4-6,8,11H,3,7,9-10H2/t11-/m1/s1. The molecule has 0 radical (unpaired) electrons. The van der Waals surface area contributed by atoms with Gasteiger partial charge in [0.05, 0.1) is 30.5 Å². The molecule has 2 aromatic heterocycles. The minimum absolute atomic E-state index is 0.0281. The molecule has 0 bridgehead atoms. The van der Waals surface area contributed by atoms with E-state index in [9.17, 15) is 13.2 Å². The predicted molar refractivity (Wildman–Crippen MR) is 77.7 cm³/mol. The fourth-order valence-corrected chi connectivity index (χ4v) is 4.25. The summed E-state index contributed by atoms with van der Waals surface area (Å²) in [5.41, 5.74) is 0.193. The van der Waals surface area contributed by atoms with Gasteiger partial charge < -0.3 is 9.32 Å². The Kier molecular flexibility index (Phi) is 3.93. The van der Waals surface area contributed by atoms with Gasteiger partial charge in [0.25, 0.3) is 5.91 Å². The van der Waals surface area contributed by atoms with Gasteiger partial charge in [0.1, 0.15) is 11.5 Å². The Hall–Kier alpha value is -2.22. The highest BCUT2D eigenvalue weighted by Gasteiger charge is 2.35. The molecule has 8 heteroatoms. The topological polar surface area (TPSA) is 93.4 Å². The lowest BCUT2D eigenvalue weighted by Gasteiger charge is -2.27. The fourth-order valence-electron chi connectivity index (χ4n) is 2.52. The molecule has 116 valence electrons. The highest BCUT2D eigenvalue weighted by Crippen LogP contribution is 2.21. The van der Waals surface area contributed by atoms with Crippen LogP contribution in [0.4, 0.5) is 0 Å². The number of nitrogens with zero attached hydrogens (tertiary/aromatic N) is 3. The first kappa shape index (κ1) is 14.7. The van der Waals surface area contributed by atoms with Crippen LogP contribution in [0.5, 0.6) is 0 Å². The maximum atomic E-state index is 12.7. The normalized spacial score (nSPS) is 19.9. The number of carbonyl (C=O) groups is 1. The van der Waals surface area contributed by atoms with E-state index in [-0.39, 0.29) is 35.7 Å². The van der Waals surface area contributed by atoms with Gasteiger partial charge in [-0.2, -0.15) is 0 Å². The van der Waals surface area contributed by atoms with Crippen LogP contribution in [0.25, 0.3) is 0 Å². The molecule has 1 aliphatic rings. The van der Waals surface area contributed by atoms with E-state index in [0.29, 0.717) is 12.2 Å². The first-order chi connectivity index (χ1) is 10.6. The summed E-state index contributed by atoms with van der Waals surface area (Å²) in [6, 6.07) is 3.11. The van der Waals surface area contributed by atoms with Crippen molar-refractivity contribution < 1.29 is 17.6 Å². The molecule has 0 N–H and O–H groups in total. The van der Waals surface area contributed by atoms with Crippen molar-refractivity contribution in [3.05, 3.63) is 48.4 Å². The van der Waals surface area contributed by atoms with E-state index >= 15 is 0 Å². The summed E-state index contributed by atoms with van der Waals surface area (Å²) < 4.78 is 28.7. The zero-order chi connectivity index (χ0) is 15.6. The molecule has 0 saturated carbocycles. The second-order valence-electron chi connectivity index (χ2n) is 5.16. The maximum absolute atomic E-state index is 12.7. The lowest BCUT2D eigenvalue weighted by Crippen LogP contribution is -2.41. The Labute approximate surface area is 127 Å². The van der Waals surface area contributed by atoms with Crippen molar-refractivity contribution in [3.8, 4) is 0 Å². The molecular formula is C14H15N3O4S. The van der Waals surface area contributed by atoms with Crippen LogP contribution in [0.3, 0.4) is 0 Å². The zero-order valence-corrected chi connectivity index (χ0v) is 12.6. The molecule has 0 unspecified atom stereocenters. The SMILES string of the molecule is O=C(c1cnccn1)N(Cc1ccco1)[C@@H]1CCS(=O)(=O)C1. The van der Waals surface area contributed by atoms with Crippen molar-refractivity contribution in [2.24, 2.45) is 0 Å². The average Bonchev–Trinajstić information content (AvgIpc) is 3.14. The van der Waals surface area contributed by atoms with Crippen LogP contribution in [0.1, 0.15) is 22.7 Å². The molecule has 0 spiro atoms. The van der Waals surface area contributed by atoms with Gasteiger partial charge in [-0.15, -0.1) is 0 Å². The number of hydrogen-bond donors (Lipinski definition) is 0. The van der Waals surface area contributed by atoms with E-state index in [4.69, 9.17) is 4.42 Å². The quantitative estimate of drug-likeness (QED) is 0.830. The van der Waals surface area contributed by atoms with Gasteiger partial charge in [-0.3, -0.25) is 9.78 Å². The summed E-state index contributed by atoms with van der Waals surface area (Å²) in [6.45, 7) is 0.211. The second-order valence-corrected chi connectivity index (χ2v) is 7.39. The van der Waals surface area contributed by atoms with Gasteiger partial charge >= 0.3 is 0 Å². The molecule has 3 rings (SSSR count). The molecule has 1 fully saturated rings. The number of hydrogen-bond acceptors (Lipinski definition) is 6. The molecule has 3 heterocycles. The highest BCUT2D eigenvalue weighted by atomic mass is 32.2. The van der Waals surface area contributed by atoms with Crippen LogP contribution < -0.4 is 0 Å². The Morgan fingerprint density at radius 1 is 1.41 bits per heavy atom. The van der Waals surface area contributed by atoms with Crippen molar-refractivity contribution in [1.29, 1.82) is 0 Å². The number of aromatic nitrogens is 2. The Bertz CT molecular complexity index is 744. The summed E-state index contributed by atoms with van der Waals surface area (Å²) in [5.74, 6) is 0.327. The Morgan fingerprint density at radius 2 is 2.27 bits per heavy atom. The van der Waals surface area contributed by atoms with Crippen molar-refractivity contribution in [1.82, 2.24) is 14.9 Å². The summed E-state index contributed by atoms with van der Waals surface area (Å²) in [5, 5.41) is 0. The van der Waals surface area contributed by atoms with Crippen LogP contribution in [0.15, 0.2) is 41.4 Å². The van der Waals surface area contributed by atoms with Crippen molar-refractivity contribution in [2.75, 3.05) is 11.5 Å². The van der Waals surface area contributed by atoms with Crippen molar-refractivity contribution in [2.45, 2.75) is 19.0 Å². The number of rotatable bonds is 4. The lowest BCUT2D eigenvalue weighted by molar-refractivity contribution is 0.0659. The molecule has 0 aromatic carbocycles. The van der Waals surface area contributed by atoms with Crippen molar-refractivity contribution in [3.63, 3.8) is 0 Å². The summed E-state index contributed by atoms with van der Waals surface area (Å²) in [7, 11) is -3.10. The minimum atomic E-state index is -3.10. The smallest absolute Gasteiger partial charge is 0.274 e. The first-order valence-corrected chi connectivity index (χ1v) is 8.67. The maximum Gasteiger partial charge on any atom is 0.274 e. The molecule has 7 nitrogen and oxygen atoms in total. The van der Waals surface area contributed by atoms with Crippen molar-refractivity contribution >= 4 is 15.7 Å². The summed E-state index contributed by atoms with van der Waals surface area (Å²) in [4.78, 5) is 22.1. The predicted octanol–water partition coefficient (Wildman–Crippen LogP) is 0.899. The molecule has 2 aromatic rings. The Morgan fingerprint density at radius 3 is 2.86 bits per heavy atom. The third-order valence-electron chi connectivity index (χ3n) is 3.60. The fraction of sp³-hybridized carbons (Fsp3) is 0.357. The molecule has 1 amide bonds. The van der Waals surface area contributed by atoms with Crippen LogP contribution in [-0.4, -0.2) is 46.7 Å².